The van der Waals surface area contributed by atoms with Crippen LogP contribution in [0.15, 0.2) is 64.9 Å². The molecule has 1 unspecified atom stereocenters. The van der Waals surface area contributed by atoms with Gasteiger partial charge in [-0.15, -0.1) is 0 Å². The van der Waals surface area contributed by atoms with Crippen LogP contribution in [0.25, 0.3) is 6.08 Å². The van der Waals surface area contributed by atoms with Gasteiger partial charge in [0.05, 0.1) is 26.5 Å². The van der Waals surface area contributed by atoms with Crippen molar-refractivity contribution < 1.29 is 23.5 Å². The van der Waals surface area contributed by atoms with Crippen LogP contribution in [0.1, 0.15) is 45.8 Å². The number of furan rings is 1. The van der Waals surface area contributed by atoms with Gasteiger partial charge in [0.25, 0.3) is 11.8 Å². The van der Waals surface area contributed by atoms with Crippen molar-refractivity contribution in [1.29, 1.82) is 0 Å². The highest BCUT2D eigenvalue weighted by atomic mass is 16.5. The van der Waals surface area contributed by atoms with Crippen molar-refractivity contribution in [2.45, 2.75) is 26.8 Å². The standard InChI is InChI=1S/C26H28N2O5/c1-16-8-10-21(17(2)13-16)18(3)27-26(30)22(15-20-7-6-12-33-20)28-25(29)19-9-11-23(31-4)24(14-19)32-5/h6-15,18H,1-5H3,(H,27,30)(H,28,29)/b22-15-. The van der Waals surface area contributed by atoms with Crippen LogP contribution >= 0.6 is 0 Å². The van der Waals surface area contributed by atoms with Gasteiger partial charge >= 0.3 is 0 Å². The zero-order chi connectivity index (χ0) is 24.0. The number of nitrogens with one attached hydrogen (secondary N) is 2. The summed E-state index contributed by atoms with van der Waals surface area (Å²) < 4.78 is 15.8. The summed E-state index contributed by atoms with van der Waals surface area (Å²) in [5, 5.41) is 5.65. The van der Waals surface area contributed by atoms with Gasteiger partial charge in [0.2, 0.25) is 0 Å². The molecule has 2 N–H and O–H groups in total. The van der Waals surface area contributed by atoms with Crippen molar-refractivity contribution in [3.63, 3.8) is 0 Å². The maximum Gasteiger partial charge on any atom is 0.268 e. The first-order chi connectivity index (χ1) is 15.8. The molecule has 172 valence electrons. The summed E-state index contributed by atoms with van der Waals surface area (Å²) >= 11 is 0. The molecule has 1 atom stereocenters. The number of carbonyl (C=O) groups is 2. The van der Waals surface area contributed by atoms with E-state index in [9.17, 15) is 9.59 Å². The molecule has 0 spiro atoms. The lowest BCUT2D eigenvalue weighted by Crippen LogP contribution is -2.36. The molecular weight excluding hydrogens is 420 g/mol. The van der Waals surface area contributed by atoms with Crippen LogP contribution in [0.3, 0.4) is 0 Å². The Balaban J connectivity index is 1.84. The lowest BCUT2D eigenvalue weighted by molar-refractivity contribution is -0.118. The van der Waals surface area contributed by atoms with E-state index < -0.39 is 11.8 Å². The second kappa shape index (κ2) is 10.5. The summed E-state index contributed by atoms with van der Waals surface area (Å²) in [6, 6.07) is 14.0. The molecular formula is C26H28N2O5. The van der Waals surface area contributed by atoms with E-state index in [2.05, 4.69) is 16.7 Å². The van der Waals surface area contributed by atoms with E-state index in [-0.39, 0.29) is 11.7 Å². The Bertz CT molecular complexity index is 1170. The van der Waals surface area contributed by atoms with Crippen molar-refractivity contribution in [3.05, 3.63) is 88.5 Å². The molecule has 7 nitrogen and oxygen atoms in total. The molecule has 1 aromatic heterocycles. The van der Waals surface area contributed by atoms with E-state index in [1.165, 1.54) is 26.6 Å². The number of amides is 2. The highest BCUT2D eigenvalue weighted by Crippen LogP contribution is 2.27. The van der Waals surface area contributed by atoms with E-state index >= 15 is 0 Å². The van der Waals surface area contributed by atoms with E-state index in [1.54, 1.807) is 30.3 Å². The van der Waals surface area contributed by atoms with Crippen LogP contribution in [0.2, 0.25) is 0 Å². The first-order valence-electron chi connectivity index (χ1n) is 10.5. The van der Waals surface area contributed by atoms with E-state index in [0.717, 1.165) is 16.7 Å². The van der Waals surface area contributed by atoms with Gasteiger partial charge in [0.15, 0.2) is 11.5 Å². The fourth-order valence-corrected chi connectivity index (χ4v) is 3.51. The molecule has 0 aliphatic heterocycles. The molecule has 0 fully saturated rings. The molecule has 3 rings (SSSR count). The summed E-state index contributed by atoms with van der Waals surface area (Å²) in [6.45, 7) is 5.92. The second-order valence-corrected chi connectivity index (χ2v) is 7.65. The Hall–Kier alpha value is -4.00. The fourth-order valence-electron chi connectivity index (χ4n) is 3.51. The van der Waals surface area contributed by atoms with E-state index in [4.69, 9.17) is 13.9 Å². The number of benzene rings is 2. The zero-order valence-corrected chi connectivity index (χ0v) is 19.4. The lowest BCUT2D eigenvalue weighted by atomic mass is 10.00. The second-order valence-electron chi connectivity index (χ2n) is 7.65. The molecule has 3 aromatic rings. The summed E-state index contributed by atoms with van der Waals surface area (Å²) in [5.41, 5.74) is 3.59. The summed E-state index contributed by atoms with van der Waals surface area (Å²) in [4.78, 5) is 26.1. The third-order valence-electron chi connectivity index (χ3n) is 5.21. The molecule has 2 amide bonds. The average molecular weight is 449 g/mol. The van der Waals surface area contributed by atoms with Crippen molar-refractivity contribution >= 4 is 17.9 Å². The Morgan fingerprint density at radius 3 is 2.39 bits per heavy atom. The largest absolute Gasteiger partial charge is 0.493 e. The van der Waals surface area contributed by atoms with Crippen molar-refractivity contribution in [2.24, 2.45) is 0 Å². The smallest absolute Gasteiger partial charge is 0.268 e. The summed E-state index contributed by atoms with van der Waals surface area (Å²) in [6.07, 6.45) is 2.98. The third-order valence-corrected chi connectivity index (χ3v) is 5.21. The van der Waals surface area contributed by atoms with Gasteiger partial charge in [0.1, 0.15) is 11.5 Å². The van der Waals surface area contributed by atoms with Gasteiger partial charge in [-0.1, -0.05) is 23.8 Å². The van der Waals surface area contributed by atoms with Gasteiger partial charge < -0.3 is 24.5 Å². The van der Waals surface area contributed by atoms with Crippen LogP contribution in [0, 0.1) is 13.8 Å². The topological polar surface area (TPSA) is 89.8 Å². The highest BCUT2D eigenvalue weighted by Gasteiger charge is 2.19. The molecule has 0 bridgehead atoms. The number of carbonyl (C=O) groups excluding carboxylic acids is 2. The average Bonchev–Trinajstić information content (AvgIpc) is 3.31. The molecule has 0 aliphatic carbocycles. The van der Waals surface area contributed by atoms with Gasteiger partial charge in [-0.3, -0.25) is 9.59 Å². The van der Waals surface area contributed by atoms with Gasteiger partial charge in [-0.2, -0.15) is 0 Å². The minimum Gasteiger partial charge on any atom is -0.493 e. The van der Waals surface area contributed by atoms with Gasteiger partial charge in [-0.05, 0) is 62.2 Å². The van der Waals surface area contributed by atoms with Crippen LogP contribution < -0.4 is 20.1 Å². The zero-order valence-electron chi connectivity index (χ0n) is 19.4. The molecule has 0 saturated heterocycles. The molecule has 0 saturated carbocycles. The molecule has 2 aromatic carbocycles. The van der Waals surface area contributed by atoms with Crippen molar-refractivity contribution in [3.8, 4) is 11.5 Å². The minimum absolute atomic E-state index is 0.0568. The van der Waals surface area contributed by atoms with Crippen molar-refractivity contribution in [2.75, 3.05) is 14.2 Å². The highest BCUT2D eigenvalue weighted by molar-refractivity contribution is 6.05. The molecule has 0 aliphatic rings. The van der Waals surface area contributed by atoms with Gasteiger partial charge in [0, 0.05) is 11.6 Å². The van der Waals surface area contributed by atoms with E-state index in [0.29, 0.717) is 22.8 Å². The first-order valence-corrected chi connectivity index (χ1v) is 10.5. The normalized spacial score (nSPS) is 12.1. The molecule has 33 heavy (non-hydrogen) atoms. The first kappa shape index (κ1) is 23.7. The Labute approximate surface area is 193 Å². The lowest BCUT2D eigenvalue weighted by Gasteiger charge is -2.19. The molecule has 0 radical (unpaired) electrons. The van der Waals surface area contributed by atoms with E-state index in [1.807, 2.05) is 32.9 Å². The summed E-state index contributed by atoms with van der Waals surface area (Å²) in [5.74, 6) is 0.442. The maximum absolute atomic E-state index is 13.1. The van der Waals surface area contributed by atoms with Crippen LogP contribution in [0.4, 0.5) is 0 Å². The van der Waals surface area contributed by atoms with Crippen LogP contribution in [-0.2, 0) is 4.79 Å². The number of hydrogen-bond donors (Lipinski definition) is 2. The Morgan fingerprint density at radius 1 is 1.00 bits per heavy atom. The Morgan fingerprint density at radius 2 is 1.76 bits per heavy atom. The minimum atomic E-state index is -0.469. The molecule has 7 heteroatoms. The SMILES string of the molecule is COc1ccc(C(=O)N/C(=C\c2ccco2)C(=O)NC(C)c2ccc(C)cc2C)cc1OC. The maximum atomic E-state index is 13.1. The predicted molar refractivity (Wildman–Crippen MR) is 126 cm³/mol. The monoisotopic (exact) mass is 448 g/mol. The number of methoxy groups -OCH3 is 2. The van der Waals surface area contributed by atoms with Gasteiger partial charge in [-0.25, -0.2) is 0 Å². The van der Waals surface area contributed by atoms with Crippen molar-refractivity contribution in [1.82, 2.24) is 10.6 Å². The summed E-state index contributed by atoms with van der Waals surface area (Å²) in [7, 11) is 3.01. The quantitative estimate of drug-likeness (QED) is 0.493. The Kier molecular flexibility index (Phi) is 7.56. The number of aryl methyl sites for hydroxylation is 2. The number of ether oxygens (including phenoxy) is 2. The third kappa shape index (κ3) is 5.83. The van der Waals surface area contributed by atoms with Crippen LogP contribution in [-0.4, -0.2) is 26.0 Å². The fraction of sp³-hybridized carbons (Fsp3) is 0.231. The number of rotatable bonds is 8. The predicted octanol–water partition coefficient (Wildman–Crippen LogP) is 4.56. The number of hydrogen-bond acceptors (Lipinski definition) is 5. The molecule has 1 heterocycles. The van der Waals surface area contributed by atoms with Crippen LogP contribution in [0.5, 0.6) is 11.5 Å².